The summed E-state index contributed by atoms with van der Waals surface area (Å²) < 4.78 is 0.986. The monoisotopic (exact) mass is 412 g/mol. The number of carbonyl (C=O) groups excluding carboxylic acids is 2. The van der Waals surface area contributed by atoms with Crippen LogP contribution in [-0.4, -0.2) is 28.6 Å². The van der Waals surface area contributed by atoms with Crippen molar-refractivity contribution in [1.29, 1.82) is 0 Å². The fourth-order valence-electron chi connectivity index (χ4n) is 3.22. The Bertz CT molecular complexity index is 931. The van der Waals surface area contributed by atoms with Gasteiger partial charge in [-0.25, -0.2) is 0 Å². The van der Waals surface area contributed by atoms with Gasteiger partial charge in [0, 0.05) is 28.6 Å². The number of fused-ring (bicyclic) bond motifs is 1. The molecule has 5 heteroatoms. The number of nitrogens with zero attached hydrogens (tertiary/aromatic N) is 1. The molecule has 0 aliphatic rings. The molecule has 1 amide bonds. The highest BCUT2D eigenvalue weighted by Crippen LogP contribution is 2.27. The lowest BCUT2D eigenvalue weighted by atomic mass is 10.00. The van der Waals surface area contributed by atoms with Gasteiger partial charge in [0.1, 0.15) is 0 Å². The number of benzene rings is 2. The van der Waals surface area contributed by atoms with E-state index in [-0.39, 0.29) is 6.04 Å². The van der Waals surface area contributed by atoms with E-state index in [9.17, 15) is 9.59 Å². The van der Waals surface area contributed by atoms with Crippen LogP contribution in [0.5, 0.6) is 0 Å². The quantitative estimate of drug-likeness (QED) is 0.451. The number of aromatic nitrogens is 1. The Labute approximate surface area is 161 Å². The van der Waals surface area contributed by atoms with E-state index in [1.54, 1.807) is 18.1 Å². The Balaban J connectivity index is 1.88. The van der Waals surface area contributed by atoms with Crippen LogP contribution in [0.2, 0.25) is 0 Å². The Morgan fingerprint density at radius 3 is 2.50 bits per heavy atom. The molecule has 0 fully saturated rings. The molecular formula is C21H21BrN2O2. The number of rotatable bonds is 6. The van der Waals surface area contributed by atoms with E-state index in [4.69, 9.17) is 0 Å². The van der Waals surface area contributed by atoms with Gasteiger partial charge in [-0.3, -0.25) is 9.59 Å². The zero-order chi connectivity index (χ0) is 18.7. The smallest absolute Gasteiger partial charge is 0.295 e. The summed E-state index contributed by atoms with van der Waals surface area (Å²) >= 11 is 3.43. The number of hydrogen-bond acceptors (Lipinski definition) is 2. The van der Waals surface area contributed by atoms with Gasteiger partial charge in [-0.05, 0) is 30.2 Å². The van der Waals surface area contributed by atoms with Gasteiger partial charge >= 0.3 is 0 Å². The van der Waals surface area contributed by atoms with Gasteiger partial charge in [0.15, 0.2) is 0 Å². The highest BCUT2D eigenvalue weighted by atomic mass is 79.9. The number of H-pyrrole nitrogens is 1. The van der Waals surface area contributed by atoms with Crippen molar-refractivity contribution in [3.8, 4) is 0 Å². The van der Waals surface area contributed by atoms with Gasteiger partial charge in [-0.15, -0.1) is 0 Å². The first-order valence-corrected chi connectivity index (χ1v) is 9.45. The van der Waals surface area contributed by atoms with E-state index in [0.717, 1.165) is 33.8 Å². The van der Waals surface area contributed by atoms with Crippen molar-refractivity contribution in [2.24, 2.45) is 0 Å². The maximum absolute atomic E-state index is 12.9. The van der Waals surface area contributed by atoms with Crippen LogP contribution in [0.15, 0.2) is 59.2 Å². The summed E-state index contributed by atoms with van der Waals surface area (Å²) in [6.07, 6.45) is 3.33. The molecule has 4 nitrogen and oxygen atoms in total. The SMILES string of the molecule is CCCC(c1ccc(Br)cc1)N(C)C(=O)C(=O)c1c[nH]c2ccccc12. The van der Waals surface area contributed by atoms with Crippen molar-refractivity contribution in [1.82, 2.24) is 9.88 Å². The second-order valence-electron chi connectivity index (χ2n) is 6.35. The molecule has 0 radical (unpaired) electrons. The molecule has 1 aromatic heterocycles. The Morgan fingerprint density at radius 2 is 1.81 bits per heavy atom. The van der Waals surface area contributed by atoms with Crippen molar-refractivity contribution in [3.63, 3.8) is 0 Å². The molecule has 1 atom stereocenters. The lowest BCUT2D eigenvalue weighted by molar-refractivity contribution is -0.127. The molecule has 0 aliphatic carbocycles. The normalized spacial score (nSPS) is 12.1. The standard InChI is InChI=1S/C21H21BrN2O2/c1-3-6-19(14-9-11-15(22)12-10-14)24(2)21(26)20(25)17-13-23-18-8-5-4-7-16(17)18/h4-5,7-13,19,23H,3,6H2,1-2H3. The predicted octanol–water partition coefficient (Wildman–Crippen LogP) is 5.11. The maximum Gasteiger partial charge on any atom is 0.295 e. The minimum absolute atomic E-state index is 0.130. The number of halogens is 1. The fourth-order valence-corrected chi connectivity index (χ4v) is 3.48. The topological polar surface area (TPSA) is 53.2 Å². The number of para-hydroxylation sites is 1. The van der Waals surface area contributed by atoms with Crippen LogP contribution in [0.25, 0.3) is 10.9 Å². The molecule has 134 valence electrons. The van der Waals surface area contributed by atoms with E-state index < -0.39 is 11.7 Å². The van der Waals surface area contributed by atoms with Crippen LogP contribution in [0.1, 0.15) is 41.7 Å². The minimum Gasteiger partial charge on any atom is -0.360 e. The second kappa shape index (κ2) is 7.87. The van der Waals surface area contributed by atoms with Gasteiger partial charge in [0.05, 0.1) is 11.6 Å². The van der Waals surface area contributed by atoms with Crippen LogP contribution in [0, 0.1) is 0 Å². The average Bonchev–Trinajstić information content (AvgIpc) is 3.09. The van der Waals surface area contributed by atoms with E-state index >= 15 is 0 Å². The summed E-state index contributed by atoms with van der Waals surface area (Å²) in [6, 6.07) is 15.3. The number of nitrogens with one attached hydrogen (secondary N) is 1. The molecule has 1 heterocycles. The zero-order valence-corrected chi connectivity index (χ0v) is 16.4. The molecular weight excluding hydrogens is 392 g/mol. The first-order chi connectivity index (χ1) is 12.5. The molecule has 2 aromatic carbocycles. The lowest BCUT2D eigenvalue weighted by Gasteiger charge is -2.28. The molecule has 0 saturated carbocycles. The van der Waals surface area contributed by atoms with Crippen LogP contribution in [0.4, 0.5) is 0 Å². The summed E-state index contributed by atoms with van der Waals surface area (Å²) in [5, 5.41) is 0.773. The van der Waals surface area contributed by atoms with Gasteiger partial charge in [0.25, 0.3) is 11.7 Å². The third kappa shape index (κ3) is 3.58. The van der Waals surface area contributed by atoms with Gasteiger partial charge in [-0.1, -0.05) is 59.6 Å². The second-order valence-corrected chi connectivity index (χ2v) is 7.26. The van der Waals surface area contributed by atoms with Crippen molar-refractivity contribution < 1.29 is 9.59 Å². The largest absolute Gasteiger partial charge is 0.360 e. The van der Waals surface area contributed by atoms with Crippen LogP contribution in [-0.2, 0) is 4.79 Å². The number of carbonyl (C=O) groups is 2. The first-order valence-electron chi connectivity index (χ1n) is 8.66. The van der Waals surface area contributed by atoms with Gasteiger partial charge in [0.2, 0.25) is 0 Å². The van der Waals surface area contributed by atoms with Gasteiger partial charge in [-0.2, -0.15) is 0 Å². The molecule has 0 bridgehead atoms. The summed E-state index contributed by atoms with van der Waals surface area (Å²) in [5.41, 5.74) is 2.30. The van der Waals surface area contributed by atoms with Crippen LogP contribution in [0.3, 0.4) is 0 Å². The molecule has 0 saturated heterocycles. The summed E-state index contributed by atoms with van der Waals surface area (Å²) in [4.78, 5) is 30.4. The molecule has 0 aliphatic heterocycles. The molecule has 3 aromatic rings. The first kappa shape index (κ1) is 18.4. The minimum atomic E-state index is -0.490. The highest BCUT2D eigenvalue weighted by Gasteiger charge is 2.28. The van der Waals surface area contributed by atoms with E-state index in [1.807, 2.05) is 48.5 Å². The number of likely N-dealkylation sites (N-methyl/N-ethyl adjacent to an activating group) is 1. The molecule has 1 N–H and O–H groups in total. The molecule has 1 unspecified atom stereocenters. The molecule has 3 rings (SSSR count). The Kier molecular flexibility index (Phi) is 5.57. The number of aromatic amines is 1. The maximum atomic E-state index is 12.9. The summed E-state index contributed by atoms with van der Waals surface area (Å²) in [7, 11) is 1.71. The van der Waals surface area contributed by atoms with Crippen molar-refractivity contribution >= 4 is 38.5 Å². The Hall–Kier alpha value is -2.40. The third-order valence-electron chi connectivity index (χ3n) is 4.63. The number of ketones is 1. The molecule has 0 spiro atoms. The van der Waals surface area contributed by atoms with Crippen molar-refractivity contribution in [2.45, 2.75) is 25.8 Å². The van der Waals surface area contributed by atoms with E-state index in [2.05, 4.69) is 27.8 Å². The summed E-state index contributed by atoms with van der Waals surface area (Å²) in [6.45, 7) is 2.08. The van der Waals surface area contributed by atoms with Crippen molar-refractivity contribution in [2.75, 3.05) is 7.05 Å². The number of Topliss-reactive ketones (excluding diaryl/α,β-unsaturated/α-hetero) is 1. The molecule has 26 heavy (non-hydrogen) atoms. The van der Waals surface area contributed by atoms with Crippen LogP contribution >= 0.6 is 15.9 Å². The highest BCUT2D eigenvalue weighted by molar-refractivity contribution is 9.10. The number of amides is 1. The fraction of sp³-hybridized carbons (Fsp3) is 0.238. The number of hydrogen-bond donors (Lipinski definition) is 1. The lowest BCUT2D eigenvalue weighted by Crippen LogP contribution is -2.36. The summed E-state index contributed by atoms with van der Waals surface area (Å²) in [5.74, 6) is -0.973. The van der Waals surface area contributed by atoms with E-state index in [1.165, 1.54) is 0 Å². The third-order valence-corrected chi connectivity index (χ3v) is 5.16. The van der Waals surface area contributed by atoms with Gasteiger partial charge < -0.3 is 9.88 Å². The van der Waals surface area contributed by atoms with E-state index in [0.29, 0.717) is 5.56 Å². The van der Waals surface area contributed by atoms with Crippen molar-refractivity contribution in [3.05, 3.63) is 70.3 Å². The average molecular weight is 413 g/mol. The Morgan fingerprint density at radius 1 is 1.12 bits per heavy atom. The van der Waals surface area contributed by atoms with Crippen LogP contribution < -0.4 is 0 Å². The zero-order valence-electron chi connectivity index (χ0n) is 14.8. The predicted molar refractivity (Wildman–Crippen MR) is 107 cm³/mol.